The van der Waals surface area contributed by atoms with Crippen molar-refractivity contribution >= 4 is 45.8 Å². The molecule has 0 aliphatic rings. The summed E-state index contributed by atoms with van der Waals surface area (Å²) in [4.78, 5) is 24.5. The van der Waals surface area contributed by atoms with Crippen LogP contribution in [0.3, 0.4) is 0 Å². The topological polar surface area (TPSA) is 71.3 Å². The number of fused-ring (bicyclic) bond motifs is 1. The van der Waals surface area contributed by atoms with Gasteiger partial charge in [0.15, 0.2) is 0 Å². The van der Waals surface area contributed by atoms with Gasteiger partial charge in [-0.3, -0.25) is 9.59 Å². The van der Waals surface area contributed by atoms with Crippen molar-refractivity contribution in [3.63, 3.8) is 0 Å². The molecule has 0 saturated carbocycles. The summed E-state index contributed by atoms with van der Waals surface area (Å²) >= 11 is 5.58. The molecule has 0 aliphatic carbocycles. The summed E-state index contributed by atoms with van der Waals surface area (Å²) in [6, 6.07) is 12.4. The van der Waals surface area contributed by atoms with Gasteiger partial charge in [0.05, 0.1) is 0 Å². The summed E-state index contributed by atoms with van der Waals surface area (Å²) in [5.74, 6) is -1.30. The summed E-state index contributed by atoms with van der Waals surface area (Å²) < 4.78 is 18.9. The van der Waals surface area contributed by atoms with Gasteiger partial charge in [-0.25, -0.2) is 4.39 Å². The van der Waals surface area contributed by atoms with Crippen molar-refractivity contribution in [1.82, 2.24) is 0 Å². The Morgan fingerprint density at radius 3 is 2.64 bits per heavy atom. The molecule has 0 bridgehead atoms. The summed E-state index contributed by atoms with van der Waals surface area (Å²) in [6.07, 6.45) is 0.103. The van der Waals surface area contributed by atoms with Crippen LogP contribution in [0.5, 0.6) is 0 Å². The Bertz CT molecular complexity index is 939. The van der Waals surface area contributed by atoms with Crippen molar-refractivity contribution < 1.29 is 18.4 Å². The molecule has 128 valence electrons. The van der Waals surface area contributed by atoms with Crippen LogP contribution in [-0.2, 0) is 4.79 Å². The zero-order chi connectivity index (χ0) is 17.8. The number of amides is 2. The molecule has 0 aliphatic heterocycles. The molecule has 0 unspecified atom stereocenters. The Hall–Kier alpha value is -2.86. The average molecular weight is 361 g/mol. The van der Waals surface area contributed by atoms with Gasteiger partial charge < -0.3 is 15.1 Å². The fourth-order valence-electron chi connectivity index (χ4n) is 2.37. The molecule has 3 aromatic rings. The Balaban J connectivity index is 1.96. The molecule has 5 nitrogen and oxygen atoms in total. The number of hydrogen-bond acceptors (Lipinski definition) is 3. The lowest BCUT2D eigenvalue weighted by molar-refractivity contribution is -0.115. The van der Waals surface area contributed by atoms with Crippen molar-refractivity contribution in [3.8, 4) is 0 Å². The van der Waals surface area contributed by atoms with Gasteiger partial charge in [0.1, 0.15) is 17.1 Å². The average Bonchev–Trinajstić information content (AvgIpc) is 2.94. The van der Waals surface area contributed by atoms with Crippen LogP contribution in [0.2, 0.25) is 0 Å². The van der Waals surface area contributed by atoms with Gasteiger partial charge in [0.2, 0.25) is 11.7 Å². The van der Waals surface area contributed by atoms with Crippen LogP contribution < -0.4 is 10.6 Å². The number of rotatable bonds is 5. The van der Waals surface area contributed by atoms with Crippen LogP contribution in [-0.4, -0.2) is 17.7 Å². The highest BCUT2D eigenvalue weighted by atomic mass is 35.5. The number of anilines is 2. The number of alkyl halides is 1. The fraction of sp³-hybridized carbons (Fsp3) is 0.111. The van der Waals surface area contributed by atoms with E-state index in [4.69, 9.17) is 16.0 Å². The number of furan rings is 1. The third kappa shape index (κ3) is 3.80. The van der Waals surface area contributed by atoms with E-state index in [1.807, 2.05) is 0 Å². The predicted molar refractivity (Wildman–Crippen MR) is 94.5 cm³/mol. The number of nitrogens with one attached hydrogen (secondary N) is 2. The first-order valence-corrected chi connectivity index (χ1v) is 8.06. The van der Waals surface area contributed by atoms with Crippen LogP contribution in [0.1, 0.15) is 17.0 Å². The van der Waals surface area contributed by atoms with Crippen LogP contribution in [0.4, 0.5) is 15.8 Å². The number of benzene rings is 2. The molecule has 7 heteroatoms. The number of halogens is 2. The molecule has 1 heterocycles. The van der Waals surface area contributed by atoms with Gasteiger partial charge in [-0.2, -0.15) is 0 Å². The zero-order valence-corrected chi connectivity index (χ0v) is 13.8. The van der Waals surface area contributed by atoms with Crippen LogP contribution in [0, 0.1) is 5.82 Å². The molecule has 2 aromatic carbocycles. The summed E-state index contributed by atoms with van der Waals surface area (Å²) in [6.45, 7) is 0. The number of carbonyl (C=O) groups excluding carboxylic acids is 2. The molecule has 0 radical (unpaired) electrons. The molecule has 0 saturated heterocycles. The van der Waals surface area contributed by atoms with E-state index >= 15 is 0 Å². The minimum absolute atomic E-state index is 0.0617. The van der Waals surface area contributed by atoms with E-state index in [1.165, 1.54) is 18.2 Å². The second kappa shape index (κ2) is 7.36. The molecule has 25 heavy (non-hydrogen) atoms. The summed E-state index contributed by atoms with van der Waals surface area (Å²) in [5, 5.41) is 5.81. The predicted octanol–water partition coefficient (Wildman–Crippen LogP) is 4.39. The molecule has 2 N–H and O–H groups in total. The van der Waals surface area contributed by atoms with Crippen molar-refractivity contribution in [2.45, 2.75) is 6.42 Å². The maximum atomic E-state index is 13.3. The van der Waals surface area contributed by atoms with E-state index in [0.29, 0.717) is 11.0 Å². The molecule has 1 aromatic heterocycles. The van der Waals surface area contributed by atoms with Crippen molar-refractivity contribution in [2.75, 3.05) is 16.5 Å². The number of hydrogen-bond donors (Lipinski definition) is 2. The highest BCUT2D eigenvalue weighted by molar-refractivity contribution is 6.20. The standard InChI is InChI=1S/C18H14ClFN2O3/c19-9-8-15(23)22-16-13-6-1-2-7-14(13)25-17(16)18(24)21-12-5-3-4-11(20)10-12/h1-7,10H,8-9H2,(H,21,24)(H,22,23). The maximum absolute atomic E-state index is 13.3. The van der Waals surface area contributed by atoms with E-state index in [1.54, 1.807) is 30.3 Å². The third-order valence-corrected chi connectivity index (χ3v) is 3.66. The first kappa shape index (κ1) is 17.0. The SMILES string of the molecule is O=C(CCCl)Nc1c(C(=O)Nc2cccc(F)c2)oc2ccccc12. The molecular weight excluding hydrogens is 347 g/mol. The lowest BCUT2D eigenvalue weighted by atomic mass is 10.2. The second-order valence-electron chi connectivity index (χ2n) is 5.25. The lowest BCUT2D eigenvalue weighted by Crippen LogP contribution is -2.17. The normalized spacial score (nSPS) is 10.6. The van der Waals surface area contributed by atoms with E-state index in [9.17, 15) is 14.0 Å². The van der Waals surface area contributed by atoms with Gasteiger partial charge >= 0.3 is 0 Å². The van der Waals surface area contributed by atoms with Crippen LogP contribution >= 0.6 is 11.6 Å². The highest BCUT2D eigenvalue weighted by Gasteiger charge is 2.22. The molecule has 0 atom stereocenters. The Morgan fingerprint density at radius 2 is 1.88 bits per heavy atom. The van der Waals surface area contributed by atoms with Gasteiger partial charge in [0.25, 0.3) is 5.91 Å². The second-order valence-corrected chi connectivity index (χ2v) is 5.63. The number of para-hydroxylation sites is 1. The van der Waals surface area contributed by atoms with Crippen molar-refractivity contribution in [2.24, 2.45) is 0 Å². The fourth-order valence-corrected chi connectivity index (χ4v) is 2.54. The highest BCUT2D eigenvalue weighted by Crippen LogP contribution is 2.31. The molecule has 0 spiro atoms. The molecule has 2 amide bonds. The monoisotopic (exact) mass is 360 g/mol. The van der Waals surface area contributed by atoms with Gasteiger partial charge in [0, 0.05) is 23.4 Å². The van der Waals surface area contributed by atoms with Crippen molar-refractivity contribution in [3.05, 3.63) is 60.1 Å². The first-order chi connectivity index (χ1) is 12.1. The third-order valence-electron chi connectivity index (χ3n) is 3.47. The molecular formula is C18H14ClFN2O3. The zero-order valence-electron chi connectivity index (χ0n) is 13.0. The Labute approximate surface area is 147 Å². The van der Waals surface area contributed by atoms with E-state index in [2.05, 4.69) is 10.6 Å². The number of carbonyl (C=O) groups is 2. The van der Waals surface area contributed by atoms with Gasteiger partial charge in [-0.05, 0) is 30.3 Å². The first-order valence-electron chi connectivity index (χ1n) is 7.53. The van der Waals surface area contributed by atoms with Crippen LogP contribution in [0.25, 0.3) is 11.0 Å². The minimum Gasteiger partial charge on any atom is -0.449 e. The van der Waals surface area contributed by atoms with E-state index < -0.39 is 11.7 Å². The summed E-state index contributed by atoms with van der Waals surface area (Å²) in [7, 11) is 0. The lowest BCUT2D eigenvalue weighted by Gasteiger charge is -2.07. The van der Waals surface area contributed by atoms with Gasteiger partial charge in [-0.15, -0.1) is 11.6 Å². The molecule has 3 rings (SSSR count). The largest absolute Gasteiger partial charge is 0.449 e. The smallest absolute Gasteiger partial charge is 0.293 e. The minimum atomic E-state index is -0.594. The quantitative estimate of drug-likeness (QED) is 0.663. The van der Waals surface area contributed by atoms with E-state index in [0.717, 1.165) is 0 Å². The Kier molecular flexibility index (Phi) is 5.00. The van der Waals surface area contributed by atoms with Crippen molar-refractivity contribution in [1.29, 1.82) is 0 Å². The summed E-state index contributed by atoms with van der Waals surface area (Å²) in [5.41, 5.74) is 0.996. The van der Waals surface area contributed by atoms with Crippen LogP contribution in [0.15, 0.2) is 52.9 Å². The molecule has 0 fully saturated rings. The van der Waals surface area contributed by atoms with E-state index in [-0.39, 0.29) is 35.3 Å². The van der Waals surface area contributed by atoms with Gasteiger partial charge in [-0.1, -0.05) is 18.2 Å². The Morgan fingerprint density at radius 1 is 1.08 bits per heavy atom. The maximum Gasteiger partial charge on any atom is 0.293 e.